The van der Waals surface area contributed by atoms with Gasteiger partial charge in [0, 0.05) is 0 Å². The molecule has 0 saturated heterocycles. The summed E-state index contributed by atoms with van der Waals surface area (Å²) in [7, 11) is 0. The molecular formula is C3H8NNaO6. The van der Waals surface area contributed by atoms with Crippen molar-refractivity contribution in [3.63, 3.8) is 0 Å². The van der Waals surface area contributed by atoms with Gasteiger partial charge in [0.25, 0.3) is 0 Å². The van der Waals surface area contributed by atoms with Gasteiger partial charge in [0.2, 0.25) is 0 Å². The number of hydrogen-bond donors (Lipinski definition) is 3. The van der Waals surface area contributed by atoms with Gasteiger partial charge in [-0.3, -0.25) is 0 Å². The second-order valence-electron chi connectivity index (χ2n) is 1.24. The van der Waals surface area contributed by atoms with Crippen LogP contribution in [0.2, 0.25) is 0 Å². The molecule has 0 spiro atoms. The zero-order chi connectivity index (χ0) is 8.57. The topological polar surface area (TPSA) is 127 Å². The van der Waals surface area contributed by atoms with Crippen molar-refractivity contribution in [2.45, 2.75) is 6.10 Å². The van der Waals surface area contributed by atoms with Crippen molar-refractivity contribution >= 4 is 0 Å². The van der Waals surface area contributed by atoms with Crippen molar-refractivity contribution in [1.82, 2.24) is 0 Å². The molecule has 0 aliphatic heterocycles. The predicted molar refractivity (Wildman–Crippen MR) is 30.5 cm³/mol. The molecule has 0 heterocycles. The zero-order valence-corrected chi connectivity index (χ0v) is 8.01. The van der Waals surface area contributed by atoms with Crippen LogP contribution in [-0.2, 0) is 0 Å². The summed E-state index contributed by atoms with van der Waals surface area (Å²) in [5.74, 6) is 0. The molecule has 0 amide bonds. The molecule has 8 heteroatoms. The van der Waals surface area contributed by atoms with E-state index in [1.807, 2.05) is 0 Å². The van der Waals surface area contributed by atoms with Gasteiger partial charge in [-0.25, -0.2) is 0 Å². The third-order valence-corrected chi connectivity index (χ3v) is 0.421. The van der Waals surface area contributed by atoms with Crippen LogP contribution in [0.5, 0.6) is 0 Å². The molecule has 0 rings (SSSR count). The molecule has 0 unspecified atom stereocenters. The summed E-state index contributed by atoms with van der Waals surface area (Å²) in [5.41, 5.74) is 0. The summed E-state index contributed by atoms with van der Waals surface area (Å²) in [6.07, 6.45) is -0.954. The van der Waals surface area contributed by atoms with E-state index in [1.54, 1.807) is 0 Å². The molecule has 0 atom stereocenters. The van der Waals surface area contributed by atoms with Crippen molar-refractivity contribution in [3.8, 4) is 0 Å². The number of aliphatic hydroxyl groups excluding tert-OH is 3. The van der Waals surface area contributed by atoms with Crippen LogP contribution in [0.3, 0.4) is 0 Å². The smallest absolute Gasteiger partial charge is 0.394 e. The molecule has 0 saturated carbocycles. The molecule has 7 nitrogen and oxygen atoms in total. The Morgan fingerprint density at radius 2 is 1.45 bits per heavy atom. The quantitative estimate of drug-likeness (QED) is 0.220. The summed E-state index contributed by atoms with van der Waals surface area (Å²) < 4.78 is 0. The molecule has 11 heavy (non-hydrogen) atoms. The minimum atomic E-state index is -1.75. The number of aliphatic hydroxyl groups is 3. The zero-order valence-electron chi connectivity index (χ0n) is 6.01. The standard InChI is InChI=1S/C3H8O3.NO3.Na/c4-1-3(6)2-5;2-1(3)4;/h3-6H,1-2H2;;/q;-1;+1. The van der Waals surface area contributed by atoms with Gasteiger partial charge in [0.1, 0.15) is 6.10 Å². The Kier molecular flexibility index (Phi) is 20.0. The van der Waals surface area contributed by atoms with E-state index in [1.165, 1.54) is 0 Å². The van der Waals surface area contributed by atoms with Crippen molar-refractivity contribution in [2.24, 2.45) is 0 Å². The second kappa shape index (κ2) is 12.7. The first-order valence-electron chi connectivity index (χ1n) is 2.25. The van der Waals surface area contributed by atoms with Gasteiger partial charge in [-0.1, -0.05) is 0 Å². The van der Waals surface area contributed by atoms with E-state index in [2.05, 4.69) is 0 Å². The summed E-state index contributed by atoms with van der Waals surface area (Å²) >= 11 is 0. The van der Waals surface area contributed by atoms with Gasteiger partial charge >= 0.3 is 29.6 Å². The molecular weight excluding hydrogens is 169 g/mol. The Labute approximate surface area is 84.7 Å². The van der Waals surface area contributed by atoms with Gasteiger partial charge in [-0.05, 0) is 0 Å². The fourth-order valence-electron chi connectivity index (χ4n) is 0.0577. The Bertz CT molecular complexity index is 81.9. The Hall–Kier alpha value is 0.0800. The van der Waals surface area contributed by atoms with Gasteiger partial charge in [0.05, 0.1) is 18.3 Å². The third-order valence-electron chi connectivity index (χ3n) is 0.421. The Morgan fingerprint density at radius 1 is 1.27 bits per heavy atom. The van der Waals surface area contributed by atoms with Crippen LogP contribution in [0.1, 0.15) is 0 Å². The normalized spacial score (nSPS) is 7.64. The van der Waals surface area contributed by atoms with Crippen molar-refractivity contribution < 1.29 is 50.0 Å². The molecule has 0 aromatic rings. The SMILES string of the molecule is O=[N+]([O-])[O-].OCC(O)CO.[Na+]. The maximum Gasteiger partial charge on any atom is 1.00 e. The molecule has 0 aromatic carbocycles. The van der Waals surface area contributed by atoms with Crippen molar-refractivity contribution in [2.75, 3.05) is 13.2 Å². The van der Waals surface area contributed by atoms with Gasteiger partial charge in [0.15, 0.2) is 0 Å². The average Bonchev–Trinajstić information content (AvgIpc) is 1.85. The minimum Gasteiger partial charge on any atom is -0.394 e. The van der Waals surface area contributed by atoms with E-state index in [9.17, 15) is 0 Å². The van der Waals surface area contributed by atoms with E-state index in [0.29, 0.717) is 0 Å². The van der Waals surface area contributed by atoms with E-state index < -0.39 is 11.2 Å². The second-order valence-corrected chi connectivity index (χ2v) is 1.24. The monoisotopic (exact) mass is 177 g/mol. The Balaban J connectivity index is -0.000000114. The molecule has 0 fully saturated rings. The van der Waals surface area contributed by atoms with E-state index in [0.717, 1.165) is 0 Å². The minimum absolute atomic E-state index is 0. The summed E-state index contributed by atoms with van der Waals surface area (Å²) in [6, 6.07) is 0. The maximum atomic E-state index is 8.25. The van der Waals surface area contributed by atoms with Crippen molar-refractivity contribution in [1.29, 1.82) is 0 Å². The fraction of sp³-hybridized carbons (Fsp3) is 1.00. The average molecular weight is 177 g/mol. The molecule has 0 bridgehead atoms. The van der Waals surface area contributed by atoms with E-state index in [-0.39, 0.29) is 42.8 Å². The molecule has 62 valence electrons. The summed E-state index contributed by atoms with van der Waals surface area (Å²) in [6.45, 7) is -0.729. The largest absolute Gasteiger partial charge is 1.00 e. The van der Waals surface area contributed by atoms with Crippen molar-refractivity contribution in [3.05, 3.63) is 15.3 Å². The third kappa shape index (κ3) is 39.5. The first-order chi connectivity index (χ1) is 4.54. The van der Waals surface area contributed by atoms with E-state index in [4.69, 9.17) is 30.6 Å². The number of hydrogen-bond acceptors (Lipinski definition) is 6. The number of nitrogens with zero attached hydrogens (tertiary/aromatic N) is 1. The van der Waals surface area contributed by atoms with Crippen LogP contribution in [-0.4, -0.2) is 39.7 Å². The molecule has 0 aliphatic rings. The van der Waals surface area contributed by atoms with Gasteiger partial charge in [-0.15, -0.1) is 0 Å². The molecule has 0 radical (unpaired) electrons. The number of rotatable bonds is 2. The molecule has 0 aromatic heterocycles. The van der Waals surface area contributed by atoms with Crippen LogP contribution in [0.25, 0.3) is 0 Å². The molecule has 0 aliphatic carbocycles. The predicted octanol–water partition coefficient (Wildman–Crippen LogP) is -4.90. The summed E-state index contributed by atoms with van der Waals surface area (Å²) in [5, 5.41) is 38.8. The van der Waals surface area contributed by atoms with Crippen LogP contribution in [0, 0.1) is 15.3 Å². The van der Waals surface area contributed by atoms with Crippen LogP contribution < -0.4 is 29.6 Å². The van der Waals surface area contributed by atoms with Gasteiger partial charge in [-0.2, -0.15) is 0 Å². The molecule has 3 N–H and O–H groups in total. The van der Waals surface area contributed by atoms with Crippen LogP contribution in [0.15, 0.2) is 0 Å². The Morgan fingerprint density at radius 3 is 1.45 bits per heavy atom. The van der Waals surface area contributed by atoms with E-state index >= 15 is 0 Å². The van der Waals surface area contributed by atoms with Crippen LogP contribution >= 0.6 is 0 Å². The van der Waals surface area contributed by atoms with Gasteiger partial charge < -0.3 is 30.6 Å². The maximum absolute atomic E-state index is 8.25. The summed E-state index contributed by atoms with van der Waals surface area (Å²) in [4.78, 5) is 8.25. The first kappa shape index (κ1) is 17.2. The fourth-order valence-corrected chi connectivity index (χ4v) is 0.0577. The first-order valence-corrected chi connectivity index (χ1v) is 2.25. The van der Waals surface area contributed by atoms with Crippen LogP contribution in [0.4, 0.5) is 0 Å².